The van der Waals surface area contributed by atoms with Crippen LogP contribution in [-0.2, 0) is 5.41 Å². The van der Waals surface area contributed by atoms with Crippen molar-refractivity contribution in [2.75, 3.05) is 0 Å². The first-order valence-corrected chi connectivity index (χ1v) is 9.48. The first-order chi connectivity index (χ1) is 11.8. The van der Waals surface area contributed by atoms with Crippen LogP contribution in [0.1, 0.15) is 31.9 Å². The Kier molecular flexibility index (Phi) is 3.82. The van der Waals surface area contributed by atoms with Crippen LogP contribution in [0.3, 0.4) is 0 Å². The van der Waals surface area contributed by atoms with E-state index < -0.39 is 0 Å². The normalized spacial score (nSPS) is 12.2. The van der Waals surface area contributed by atoms with Crippen molar-refractivity contribution < 1.29 is 0 Å². The van der Waals surface area contributed by atoms with Crippen molar-refractivity contribution in [2.24, 2.45) is 0 Å². The fourth-order valence-electron chi connectivity index (χ4n) is 3.11. The van der Waals surface area contributed by atoms with Gasteiger partial charge >= 0.3 is 0 Å². The van der Waals surface area contributed by atoms with E-state index in [0.29, 0.717) is 0 Å². The van der Waals surface area contributed by atoms with Gasteiger partial charge in [-0.15, -0.1) is 11.3 Å². The Morgan fingerprint density at radius 1 is 1.00 bits per heavy atom. The molecule has 0 spiro atoms. The third kappa shape index (κ3) is 2.92. The topological polar surface area (TPSA) is 25.8 Å². The van der Waals surface area contributed by atoms with E-state index in [0.717, 1.165) is 36.6 Å². The average molecular weight is 367 g/mol. The molecule has 0 aliphatic heterocycles. The van der Waals surface area contributed by atoms with E-state index in [-0.39, 0.29) is 5.41 Å². The lowest BCUT2D eigenvalue weighted by Crippen LogP contribution is -2.11. The molecule has 0 fully saturated rings. The summed E-state index contributed by atoms with van der Waals surface area (Å²) < 4.78 is 2.26. The van der Waals surface area contributed by atoms with E-state index >= 15 is 0 Å². The predicted octanol–water partition coefficient (Wildman–Crippen LogP) is 6.77. The van der Waals surface area contributed by atoms with Gasteiger partial charge in [-0.25, -0.2) is 9.97 Å². The minimum atomic E-state index is 0.0978. The van der Waals surface area contributed by atoms with Gasteiger partial charge < -0.3 is 0 Å². The van der Waals surface area contributed by atoms with Crippen molar-refractivity contribution >= 4 is 43.2 Å². The largest absolute Gasteiger partial charge is 0.235 e. The summed E-state index contributed by atoms with van der Waals surface area (Å²) in [5.74, 6) is 0. The quantitative estimate of drug-likeness (QED) is 0.371. The average Bonchev–Trinajstić information content (AvgIpc) is 2.90. The van der Waals surface area contributed by atoms with E-state index in [4.69, 9.17) is 11.6 Å². The maximum atomic E-state index is 6.17. The van der Waals surface area contributed by atoms with Gasteiger partial charge in [0.15, 0.2) is 0 Å². The van der Waals surface area contributed by atoms with Crippen molar-refractivity contribution in [2.45, 2.75) is 33.1 Å². The van der Waals surface area contributed by atoms with E-state index in [1.165, 1.54) is 11.1 Å². The molecule has 4 rings (SSSR count). The summed E-state index contributed by atoms with van der Waals surface area (Å²) in [5.41, 5.74) is 5.81. The minimum Gasteiger partial charge on any atom is -0.235 e. The molecule has 0 unspecified atom stereocenters. The van der Waals surface area contributed by atoms with Crippen molar-refractivity contribution in [3.63, 3.8) is 0 Å². The monoisotopic (exact) mass is 366 g/mol. The number of benzene rings is 2. The van der Waals surface area contributed by atoms with Crippen LogP contribution in [0.15, 0.2) is 42.7 Å². The highest BCUT2D eigenvalue weighted by Gasteiger charge is 2.18. The maximum Gasteiger partial charge on any atom is 0.116 e. The van der Waals surface area contributed by atoms with Crippen LogP contribution in [0, 0.1) is 6.92 Å². The SMILES string of the molecule is Cc1cc(-c2ncnc3c2sc2cc(Cl)ccc23)cc(C(C)(C)C)c1. The Bertz CT molecular complexity index is 1110. The summed E-state index contributed by atoms with van der Waals surface area (Å²) in [6.45, 7) is 8.86. The molecular formula is C21H19ClN2S. The number of fused-ring (bicyclic) bond motifs is 3. The number of rotatable bonds is 1. The lowest BCUT2D eigenvalue weighted by Gasteiger charge is -2.20. The van der Waals surface area contributed by atoms with Gasteiger partial charge in [0, 0.05) is 20.7 Å². The maximum absolute atomic E-state index is 6.17. The fraction of sp³-hybridized carbons (Fsp3) is 0.238. The summed E-state index contributed by atoms with van der Waals surface area (Å²) in [4.78, 5) is 9.16. The van der Waals surface area contributed by atoms with Gasteiger partial charge in [0.1, 0.15) is 6.33 Å². The highest BCUT2D eigenvalue weighted by Crippen LogP contribution is 2.39. The highest BCUT2D eigenvalue weighted by atomic mass is 35.5. The molecule has 126 valence electrons. The number of hydrogen-bond acceptors (Lipinski definition) is 3. The molecule has 2 aromatic carbocycles. The molecule has 4 heteroatoms. The van der Waals surface area contributed by atoms with Gasteiger partial charge in [0.05, 0.1) is 15.9 Å². The van der Waals surface area contributed by atoms with Crippen LogP contribution < -0.4 is 0 Å². The molecular weight excluding hydrogens is 348 g/mol. The molecule has 0 N–H and O–H groups in total. The molecule has 0 atom stereocenters. The van der Waals surface area contributed by atoms with Gasteiger partial charge in [-0.2, -0.15) is 0 Å². The van der Waals surface area contributed by atoms with E-state index in [1.54, 1.807) is 17.7 Å². The molecule has 0 bridgehead atoms. The van der Waals surface area contributed by atoms with Gasteiger partial charge in [-0.3, -0.25) is 0 Å². The summed E-state index contributed by atoms with van der Waals surface area (Å²) in [6.07, 6.45) is 1.66. The van der Waals surface area contributed by atoms with Crippen LogP contribution in [0.25, 0.3) is 31.6 Å². The van der Waals surface area contributed by atoms with Gasteiger partial charge in [-0.05, 0) is 48.2 Å². The zero-order valence-corrected chi connectivity index (χ0v) is 16.3. The van der Waals surface area contributed by atoms with Gasteiger partial charge in [0.2, 0.25) is 0 Å². The molecule has 0 saturated heterocycles. The number of aromatic nitrogens is 2. The second kappa shape index (κ2) is 5.79. The Morgan fingerprint density at radius 2 is 1.80 bits per heavy atom. The third-order valence-electron chi connectivity index (χ3n) is 4.43. The molecule has 0 aliphatic rings. The van der Waals surface area contributed by atoms with Crippen molar-refractivity contribution in [3.8, 4) is 11.3 Å². The first-order valence-electron chi connectivity index (χ1n) is 8.28. The van der Waals surface area contributed by atoms with E-state index in [2.05, 4.69) is 55.9 Å². The number of nitrogens with zero attached hydrogens (tertiary/aromatic N) is 2. The summed E-state index contributed by atoms with van der Waals surface area (Å²) in [7, 11) is 0. The summed E-state index contributed by atoms with van der Waals surface area (Å²) in [5, 5.41) is 1.89. The molecule has 0 saturated carbocycles. The Labute approximate surface area is 156 Å². The van der Waals surface area contributed by atoms with Crippen LogP contribution in [0.2, 0.25) is 5.02 Å². The smallest absolute Gasteiger partial charge is 0.116 e. The zero-order chi connectivity index (χ0) is 17.8. The lowest BCUT2D eigenvalue weighted by molar-refractivity contribution is 0.590. The van der Waals surface area contributed by atoms with Crippen molar-refractivity contribution in [3.05, 3.63) is 58.9 Å². The predicted molar refractivity (Wildman–Crippen MR) is 109 cm³/mol. The molecule has 2 nitrogen and oxygen atoms in total. The molecule has 25 heavy (non-hydrogen) atoms. The van der Waals surface area contributed by atoms with E-state index in [1.807, 2.05) is 18.2 Å². The van der Waals surface area contributed by atoms with Crippen LogP contribution in [-0.4, -0.2) is 9.97 Å². The van der Waals surface area contributed by atoms with E-state index in [9.17, 15) is 0 Å². The molecule has 4 aromatic rings. The highest BCUT2D eigenvalue weighted by molar-refractivity contribution is 7.26. The second-order valence-electron chi connectivity index (χ2n) is 7.48. The summed E-state index contributed by atoms with van der Waals surface area (Å²) >= 11 is 7.87. The zero-order valence-electron chi connectivity index (χ0n) is 14.7. The molecule has 0 aliphatic carbocycles. The van der Waals surface area contributed by atoms with Gasteiger partial charge in [-0.1, -0.05) is 44.0 Å². The molecule has 2 aromatic heterocycles. The fourth-order valence-corrected chi connectivity index (χ4v) is 4.55. The minimum absolute atomic E-state index is 0.0978. The molecule has 2 heterocycles. The van der Waals surface area contributed by atoms with Gasteiger partial charge in [0.25, 0.3) is 0 Å². The Balaban J connectivity index is 2.02. The molecule has 0 radical (unpaired) electrons. The summed E-state index contributed by atoms with van der Waals surface area (Å²) in [6, 6.07) is 12.7. The van der Waals surface area contributed by atoms with Crippen LogP contribution >= 0.6 is 22.9 Å². The van der Waals surface area contributed by atoms with Crippen molar-refractivity contribution in [1.82, 2.24) is 9.97 Å². The van der Waals surface area contributed by atoms with Crippen molar-refractivity contribution in [1.29, 1.82) is 0 Å². The molecule has 0 amide bonds. The lowest BCUT2D eigenvalue weighted by atomic mass is 9.85. The number of aryl methyl sites for hydroxylation is 1. The Hall–Kier alpha value is -1.97. The third-order valence-corrected chi connectivity index (χ3v) is 5.82. The second-order valence-corrected chi connectivity index (χ2v) is 8.97. The van der Waals surface area contributed by atoms with Crippen LogP contribution in [0.5, 0.6) is 0 Å². The van der Waals surface area contributed by atoms with Crippen LogP contribution in [0.4, 0.5) is 0 Å². The first kappa shape index (κ1) is 16.5. The number of hydrogen-bond donors (Lipinski definition) is 0. The standard InChI is InChI=1S/C21H19ClN2S/c1-12-7-13(9-14(8-12)21(2,3)4)18-20-19(24-11-23-18)16-6-5-15(22)10-17(16)25-20/h5-11H,1-4H3. The number of thiophene rings is 1. The number of halogens is 1. The Morgan fingerprint density at radius 3 is 2.56 bits per heavy atom.